The van der Waals surface area contributed by atoms with Crippen LogP contribution < -0.4 is 5.73 Å². The maximum atomic E-state index is 10.9. The monoisotopic (exact) mass is 275 g/mol. The van der Waals surface area contributed by atoms with Gasteiger partial charge in [0, 0.05) is 21.0 Å². The summed E-state index contributed by atoms with van der Waals surface area (Å²) >= 11 is 12.0. The maximum absolute atomic E-state index is 10.9. The van der Waals surface area contributed by atoms with Gasteiger partial charge in [0.25, 0.3) is 0 Å². The zero-order chi connectivity index (χ0) is 13.2. The first-order valence-corrected chi connectivity index (χ1v) is 5.88. The van der Waals surface area contributed by atoms with Crippen molar-refractivity contribution in [3.8, 4) is 0 Å². The van der Waals surface area contributed by atoms with Crippen LogP contribution >= 0.6 is 23.2 Å². The van der Waals surface area contributed by atoms with Crippen molar-refractivity contribution < 1.29 is 9.53 Å². The average molecular weight is 276 g/mol. The average Bonchev–Trinajstić information content (AvgIpc) is 2.16. The first kappa shape index (κ1) is 14.1. The summed E-state index contributed by atoms with van der Waals surface area (Å²) in [6, 6.07) is 5.03. The molecule has 0 aliphatic carbocycles. The first-order chi connectivity index (χ1) is 7.71. The van der Waals surface area contributed by atoms with Gasteiger partial charge in [-0.05, 0) is 18.2 Å². The molecule has 0 aliphatic heterocycles. The number of nitrogens with two attached hydrogens (primary N) is 1. The van der Waals surface area contributed by atoms with Crippen molar-refractivity contribution in [3.05, 3.63) is 33.8 Å². The molecule has 1 atom stereocenters. The normalized spacial score (nSPS) is 13.2. The van der Waals surface area contributed by atoms with E-state index in [9.17, 15) is 4.79 Å². The number of ether oxygens (including phenoxy) is 1. The molecule has 17 heavy (non-hydrogen) atoms. The highest BCUT2D eigenvalue weighted by Crippen LogP contribution is 2.40. The van der Waals surface area contributed by atoms with Crippen LogP contribution in [0.3, 0.4) is 0 Å². The minimum atomic E-state index is -0.832. The number of halogens is 2. The molecule has 0 saturated carbocycles. The molecule has 0 spiro atoms. The molecule has 0 radical (unpaired) electrons. The summed E-state index contributed by atoms with van der Waals surface area (Å²) in [5.41, 5.74) is 5.41. The molecule has 94 valence electrons. The molecule has 0 saturated heterocycles. The van der Waals surface area contributed by atoms with E-state index < -0.39 is 12.2 Å². The Kier molecular flexibility index (Phi) is 4.28. The van der Waals surface area contributed by atoms with Crippen LogP contribution in [-0.2, 0) is 4.74 Å². The predicted octanol–water partition coefficient (Wildman–Crippen LogP) is 4.18. The third-order valence-corrected chi connectivity index (χ3v) is 2.84. The van der Waals surface area contributed by atoms with E-state index in [4.69, 9.17) is 33.7 Å². The number of benzene rings is 1. The summed E-state index contributed by atoms with van der Waals surface area (Å²) in [6.07, 6.45) is -1.37. The second kappa shape index (κ2) is 5.15. The third-order valence-electron chi connectivity index (χ3n) is 2.26. The predicted molar refractivity (Wildman–Crippen MR) is 69.3 cm³/mol. The summed E-state index contributed by atoms with van der Waals surface area (Å²) in [6.45, 7) is 5.79. The fourth-order valence-electron chi connectivity index (χ4n) is 1.54. The van der Waals surface area contributed by atoms with E-state index in [-0.39, 0.29) is 5.41 Å². The number of primary amides is 1. The van der Waals surface area contributed by atoms with Crippen molar-refractivity contribution in [3.63, 3.8) is 0 Å². The van der Waals surface area contributed by atoms with E-state index in [0.717, 1.165) is 0 Å². The Labute approximate surface area is 111 Å². The maximum Gasteiger partial charge on any atom is 0.405 e. The lowest BCUT2D eigenvalue weighted by Crippen LogP contribution is -2.27. The van der Waals surface area contributed by atoms with Crippen LogP contribution in [-0.4, -0.2) is 6.09 Å². The highest BCUT2D eigenvalue weighted by atomic mass is 35.5. The summed E-state index contributed by atoms with van der Waals surface area (Å²) < 4.78 is 5.13. The van der Waals surface area contributed by atoms with Gasteiger partial charge in [-0.1, -0.05) is 44.0 Å². The van der Waals surface area contributed by atoms with Crippen LogP contribution in [0.15, 0.2) is 18.2 Å². The lowest BCUT2D eigenvalue weighted by molar-refractivity contribution is 0.0360. The van der Waals surface area contributed by atoms with Crippen LogP contribution in [0.25, 0.3) is 0 Å². The Morgan fingerprint density at radius 2 is 1.94 bits per heavy atom. The van der Waals surface area contributed by atoms with Gasteiger partial charge in [0.1, 0.15) is 6.10 Å². The second-order valence-corrected chi connectivity index (χ2v) is 5.69. The van der Waals surface area contributed by atoms with Gasteiger partial charge in [0.15, 0.2) is 0 Å². The fourth-order valence-corrected chi connectivity index (χ4v) is 1.94. The lowest BCUT2D eigenvalue weighted by Gasteiger charge is -2.30. The molecule has 1 unspecified atom stereocenters. The first-order valence-electron chi connectivity index (χ1n) is 5.13. The van der Waals surface area contributed by atoms with Crippen LogP contribution in [0.1, 0.15) is 32.4 Å². The Bertz CT molecular complexity index is 427. The highest BCUT2D eigenvalue weighted by molar-refractivity contribution is 6.33. The molecule has 1 aromatic rings. The van der Waals surface area contributed by atoms with E-state index in [1.165, 1.54) is 0 Å². The largest absolute Gasteiger partial charge is 0.441 e. The number of rotatable bonds is 2. The van der Waals surface area contributed by atoms with Gasteiger partial charge in [-0.25, -0.2) is 4.79 Å². The summed E-state index contributed by atoms with van der Waals surface area (Å²) in [5, 5.41) is 1.03. The van der Waals surface area contributed by atoms with E-state index in [2.05, 4.69) is 0 Å². The van der Waals surface area contributed by atoms with Gasteiger partial charge in [-0.15, -0.1) is 0 Å². The standard InChI is InChI=1S/C12H15Cl2NO2/c1-12(2,3)10(17-11(15)16)8-6-7(13)4-5-9(8)14/h4-6,10H,1-3H3,(H2,15,16). The molecule has 3 nitrogen and oxygen atoms in total. The quantitative estimate of drug-likeness (QED) is 0.881. The number of carbonyl (C=O) groups is 1. The molecular weight excluding hydrogens is 261 g/mol. The highest BCUT2D eigenvalue weighted by Gasteiger charge is 2.31. The number of hydrogen-bond acceptors (Lipinski definition) is 2. The Hall–Kier alpha value is -0.930. The van der Waals surface area contributed by atoms with Gasteiger partial charge in [0.05, 0.1) is 0 Å². The van der Waals surface area contributed by atoms with Gasteiger partial charge >= 0.3 is 6.09 Å². The zero-order valence-electron chi connectivity index (χ0n) is 9.96. The Morgan fingerprint density at radius 1 is 1.35 bits per heavy atom. The molecule has 0 aliphatic rings. The van der Waals surface area contributed by atoms with Crippen molar-refractivity contribution in [2.75, 3.05) is 0 Å². The van der Waals surface area contributed by atoms with E-state index >= 15 is 0 Å². The van der Waals surface area contributed by atoms with Crippen molar-refractivity contribution in [1.29, 1.82) is 0 Å². The van der Waals surface area contributed by atoms with Crippen molar-refractivity contribution in [2.45, 2.75) is 26.9 Å². The van der Waals surface area contributed by atoms with Gasteiger partial charge in [0.2, 0.25) is 0 Å². The van der Waals surface area contributed by atoms with Crippen molar-refractivity contribution in [2.24, 2.45) is 11.1 Å². The van der Waals surface area contributed by atoms with Crippen LogP contribution in [0.4, 0.5) is 4.79 Å². The molecule has 2 N–H and O–H groups in total. The molecule has 1 amide bonds. The molecule has 0 bridgehead atoms. The SMILES string of the molecule is CC(C)(C)C(OC(N)=O)c1cc(Cl)ccc1Cl. The van der Waals surface area contributed by atoms with Gasteiger partial charge in [-0.3, -0.25) is 0 Å². The zero-order valence-corrected chi connectivity index (χ0v) is 11.5. The van der Waals surface area contributed by atoms with Crippen molar-refractivity contribution in [1.82, 2.24) is 0 Å². The third kappa shape index (κ3) is 3.79. The minimum Gasteiger partial charge on any atom is -0.441 e. The summed E-state index contributed by atoms with van der Waals surface area (Å²) in [7, 11) is 0. The molecule has 5 heteroatoms. The molecule has 1 aromatic carbocycles. The van der Waals surface area contributed by atoms with E-state index in [1.807, 2.05) is 20.8 Å². The smallest absolute Gasteiger partial charge is 0.405 e. The Balaban J connectivity index is 3.21. The van der Waals surface area contributed by atoms with Crippen LogP contribution in [0, 0.1) is 5.41 Å². The summed E-state index contributed by atoms with van der Waals surface area (Å²) in [4.78, 5) is 10.9. The van der Waals surface area contributed by atoms with Gasteiger partial charge < -0.3 is 10.5 Å². The minimum absolute atomic E-state index is 0.330. The second-order valence-electron chi connectivity index (χ2n) is 4.85. The van der Waals surface area contributed by atoms with Crippen LogP contribution in [0.2, 0.25) is 10.0 Å². The number of hydrogen-bond donors (Lipinski definition) is 1. The molecule has 0 aromatic heterocycles. The number of carbonyl (C=O) groups excluding carboxylic acids is 1. The number of amides is 1. The molecule has 0 fully saturated rings. The summed E-state index contributed by atoms with van der Waals surface area (Å²) in [5.74, 6) is 0. The topological polar surface area (TPSA) is 52.3 Å². The molecule has 0 heterocycles. The van der Waals surface area contributed by atoms with Gasteiger partial charge in [-0.2, -0.15) is 0 Å². The fraction of sp³-hybridized carbons (Fsp3) is 0.417. The van der Waals surface area contributed by atoms with E-state index in [1.54, 1.807) is 18.2 Å². The van der Waals surface area contributed by atoms with Crippen molar-refractivity contribution >= 4 is 29.3 Å². The van der Waals surface area contributed by atoms with E-state index in [0.29, 0.717) is 15.6 Å². The molecule has 1 rings (SSSR count). The van der Waals surface area contributed by atoms with Crippen LogP contribution in [0.5, 0.6) is 0 Å². The molecular formula is C12H15Cl2NO2. The lowest BCUT2D eigenvalue weighted by atomic mass is 9.84. The Morgan fingerprint density at radius 3 is 2.41 bits per heavy atom.